The summed E-state index contributed by atoms with van der Waals surface area (Å²) in [6.07, 6.45) is 0. The predicted molar refractivity (Wildman–Crippen MR) is 250 cm³/mol. The van der Waals surface area contributed by atoms with Crippen LogP contribution in [0.25, 0.3) is 43.9 Å². The first kappa shape index (κ1) is 33.1. The van der Waals surface area contributed by atoms with Crippen molar-refractivity contribution in [1.82, 2.24) is 0 Å². The maximum Gasteiger partial charge on any atom is 0.247 e. The molecule has 0 unspecified atom stereocenters. The molecule has 0 radical (unpaired) electrons. The van der Waals surface area contributed by atoms with E-state index in [2.05, 4.69) is 184 Å². The second kappa shape index (κ2) is 11.6. The van der Waals surface area contributed by atoms with E-state index in [1.807, 2.05) is 0 Å². The molecule has 0 bridgehead atoms. The summed E-state index contributed by atoms with van der Waals surface area (Å²) in [4.78, 5) is 5.11. The molecule has 3 aliphatic heterocycles. The summed E-state index contributed by atoms with van der Waals surface area (Å²) >= 11 is 0. The Balaban J connectivity index is 1.17. The van der Waals surface area contributed by atoms with Gasteiger partial charge in [0, 0.05) is 45.1 Å². The van der Waals surface area contributed by atoms with Gasteiger partial charge < -0.3 is 18.6 Å². The van der Waals surface area contributed by atoms with Crippen LogP contribution in [0.5, 0.6) is 0 Å². The highest BCUT2D eigenvalue weighted by molar-refractivity contribution is 7.00. The molecule has 0 spiro atoms. The molecule has 0 saturated heterocycles. The summed E-state index contributed by atoms with van der Waals surface area (Å²) in [6, 6.07) is 52.0. The van der Waals surface area contributed by atoms with E-state index in [0.717, 1.165) is 55.3 Å². The Morgan fingerprint density at radius 3 is 1.42 bits per heavy atom. The Morgan fingerprint density at radius 2 is 0.864 bits per heavy atom. The highest BCUT2D eigenvalue weighted by Crippen LogP contribution is 2.55. The van der Waals surface area contributed by atoms with Crippen LogP contribution in [0.4, 0.5) is 34.1 Å². The van der Waals surface area contributed by atoms with E-state index in [9.17, 15) is 0 Å². The average Bonchev–Trinajstić information content (AvgIpc) is 3.78. The van der Waals surface area contributed by atoms with Crippen molar-refractivity contribution in [1.29, 1.82) is 0 Å². The molecule has 13 rings (SSSR count). The zero-order valence-corrected chi connectivity index (χ0v) is 33.6. The number of hydrogen-bond donors (Lipinski definition) is 0. The summed E-state index contributed by atoms with van der Waals surface area (Å²) in [7, 11) is 0. The third-order valence-electron chi connectivity index (χ3n) is 13.6. The summed E-state index contributed by atoms with van der Waals surface area (Å²) in [5.41, 5.74) is 25.1. The standard InChI is InChI=1S/C53H38B2N2O2/c1-29-20-21-38(31(3)22-29)54-39-14-10-16-43-52(39)56(45-27-49-36(25-41(45)54)34-12-6-8-18-47(34)58-49)44-17-11-15-40-53(44)57(43)46-28-50-37(35-13-7-9-19-48(35)59-50)26-42(46)55(40)51-32(4)23-30(2)24-33(51)5/h6-28H,1-5H3. The molecule has 3 aliphatic rings. The minimum Gasteiger partial charge on any atom is -0.456 e. The molecular weight excluding hydrogens is 718 g/mol. The average molecular weight is 757 g/mol. The second-order valence-electron chi connectivity index (χ2n) is 17.2. The zero-order valence-electron chi connectivity index (χ0n) is 33.6. The number of furan rings is 2. The van der Waals surface area contributed by atoms with E-state index in [0.29, 0.717) is 0 Å². The van der Waals surface area contributed by atoms with Crippen LogP contribution in [0.2, 0.25) is 0 Å². The van der Waals surface area contributed by atoms with E-state index in [-0.39, 0.29) is 13.4 Å². The van der Waals surface area contributed by atoms with Crippen molar-refractivity contribution in [2.45, 2.75) is 34.6 Å². The van der Waals surface area contributed by atoms with Crippen LogP contribution in [-0.4, -0.2) is 13.4 Å². The van der Waals surface area contributed by atoms with Crippen molar-refractivity contribution in [2.24, 2.45) is 0 Å². The Labute approximate surface area is 343 Å². The SMILES string of the molecule is Cc1ccc(B2c3cc4c(cc3N3c5cccc6c5N(c5cc7oc8ccccc8c7cc5B6c5c(C)cc(C)cc5C)c5cccc2c53)oc2ccccc24)c(C)c1. The number of benzene rings is 8. The second-order valence-corrected chi connectivity index (χ2v) is 17.2. The number of fused-ring (bicyclic) bond motifs is 12. The Bertz CT molecular complexity index is 3480. The maximum absolute atomic E-state index is 6.68. The normalized spacial score (nSPS) is 13.7. The number of aryl methyl sites for hydroxylation is 5. The van der Waals surface area contributed by atoms with E-state index >= 15 is 0 Å². The lowest BCUT2D eigenvalue weighted by molar-refractivity contribution is 0.668. The van der Waals surface area contributed by atoms with Crippen LogP contribution in [0, 0.1) is 34.6 Å². The molecule has 0 atom stereocenters. The molecule has 59 heavy (non-hydrogen) atoms. The monoisotopic (exact) mass is 756 g/mol. The van der Waals surface area contributed by atoms with Crippen molar-refractivity contribution < 1.29 is 8.83 Å². The van der Waals surface area contributed by atoms with Crippen molar-refractivity contribution >= 4 is 124 Å². The number of para-hydroxylation sites is 4. The molecule has 10 aromatic rings. The van der Waals surface area contributed by atoms with Crippen LogP contribution >= 0.6 is 0 Å². The van der Waals surface area contributed by atoms with Crippen LogP contribution in [0.15, 0.2) is 148 Å². The van der Waals surface area contributed by atoms with E-state index < -0.39 is 0 Å². The smallest absolute Gasteiger partial charge is 0.247 e. The third kappa shape index (κ3) is 4.36. The van der Waals surface area contributed by atoms with E-state index in [1.54, 1.807) is 0 Å². The largest absolute Gasteiger partial charge is 0.456 e. The molecule has 0 aliphatic carbocycles. The molecule has 278 valence electrons. The van der Waals surface area contributed by atoms with Gasteiger partial charge in [0.2, 0.25) is 13.4 Å². The van der Waals surface area contributed by atoms with Crippen LogP contribution in [0.1, 0.15) is 27.8 Å². The minimum atomic E-state index is 0.00432. The Kier molecular flexibility index (Phi) is 6.51. The lowest BCUT2D eigenvalue weighted by atomic mass is 9.33. The molecule has 5 heterocycles. The first-order valence-electron chi connectivity index (χ1n) is 20.7. The van der Waals surface area contributed by atoms with Crippen molar-refractivity contribution in [3.05, 3.63) is 167 Å². The lowest BCUT2D eigenvalue weighted by Gasteiger charge is -2.49. The number of anilines is 6. The summed E-state index contributed by atoms with van der Waals surface area (Å²) in [6.45, 7) is 11.3. The molecular formula is C53H38B2N2O2. The maximum atomic E-state index is 6.68. The Morgan fingerprint density at radius 1 is 0.356 bits per heavy atom. The highest BCUT2D eigenvalue weighted by Gasteiger charge is 2.47. The van der Waals surface area contributed by atoms with Crippen LogP contribution in [0.3, 0.4) is 0 Å². The first-order chi connectivity index (χ1) is 28.8. The third-order valence-corrected chi connectivity index (χ3v) is 13.6. The molecule has 8 aromatic carbocycles. The fraction of sp³-hybridized carbons (Fsp3) is 0.0943. The lowest BCUT2D eigenvalue weighted by Crippen LogP contribution is -2.61. The molecule has 0 saturated carbocycles. The molecule has 2 aromatic heterocycles. The van der Waals surface area contributed by atoms with Gasteiger partial charge in [-0.05, 0) is 80.7 Å². The fourth-order valence-electron chi connectivity index (χ4n) is 11.3. The van der Waals surface area contributed by atoms with Gasteiger partial charge in [-0.3, -0.25) is 0 Å². The molecule has 4 nitrogen and oxygen atoms in total. The summed E-state index contributed by atoms with van der Waals surface area (Å²) < 4.78 is 13.3. The van der Waals surface area contributed by atoms with Gasteiger partial charge in [-0.2, -0.15) is 0 Å². The van der Waals surface area contributed by atoms with Gasteiger partial charge in [0.25, 0.3) is 0 Å². The van der Waals surface area contributed by atoms with Crippen molar-refractivity contribution in [2.75, 3.05) is 9.80 Å². The van der Waals surface area contributed by atoms with E-state index in [4.69, 9.17) is 8.83 Å². The van der Waals surface area contributed by atoms with Gasteiger partial charge in [-0.15, -0.1) is 0 Å². The van der Waals surface area contributed by atoms with Crippen molar-refractivity contribution in [3.63, 3.8) is 0 Å². The van der Waals surface area contributed by atoms with E-state index in [1.165, 1.54) is 83.3 Å². The molecule has 0 fully saturated rings. The van der Waals surface area contributed by atoms with Gasteiger partial charge in [-0.25, -0.2) is 0 Å². The van der Waals surface area contributed by atoms with Gasteiger partial charge >= 0.3 is 0 Å². The summed E-state index contributed by atoms with van der Waals surface area (Å²) in [5.74, 6) is 0. The molecule has 0 N–H and O–H groups in total. The number of hydrogen-bond acceptors (Lipinski definition) is 4. The number of nitrogens with zero attached hydrogens (tertiary/aromatic N) is 2. The van der Waals surface area contributed by atoms with Crippen LogP contribution in [-0.2, 0) is 0 Å². The quantitative estimate of drug-likeness (QED) is 0.165. The van der Waals surface area contributed by atoms with Gasteiger partial charge in [0.1, 0.15) is 22.3 Å². The topological polar surface area (TPSA) is 32.8 Å². The van der Waals surface area contributed by atoms with Gasteiger partial charge in [0.05, 0.1) is 22.7 Å². The van der Waals surface area contributed by atoms with Crippen LogP contribution < -0.4 is 42.6 Å². The predicted octanol–water partition coefficient (Wildman–Crippen LogP) is 9.94. The zero-order chi connectivity index (χ0) is 39.4. The van der Waals surface area contributed by atoms with Gasteiger partial charge in [-0.1, -0.05) is 142 Å². The highest BCUT2D eigenvalue weighted by atomic mass is 16.3. The Hall–Kier alpha value is -6.91. The van der Waals surface area contributed by atoms with Crippen molar-refractivity contribution in [3.8, 4) is 0 Å². The molecule has 0 amide bonds. The number of rotatable bonds is 2. The van der Waals surface area contributed by atoms with Gasteiger partial charge in [0.15, 0.2) is 0 Å². The summed E-state index contributed by atoms with van der Waals surface area (Å²) in [5, 5.41) is 4.59. The molecule has 6 heteroatoms. The fourth-order valence-corrected chi connectivity index (χ4v) is 11.3. The minimum absolute atomic E-state index is 0.00432. The first-order valence-corrected chi connectivity index (χ1v) is 20.7.